The molecular weight excluding hydrogens is 298 g/mol. The molecule has 1 fully saturated rings. The molecule has 1 saturated heterocycles. The Labute approximate surface area is 147 Å². The third kappa shape index (κ3) is 4.71. The number of fused-ring (bicyclic) bond motifs is 1. The number of ether oxygens (including phenoxy) is 1. The fraction of sp³-hybridized carbons (Fsp3) is 0.700. The normalized spacial score (nSPS) is 22.2. The Bertz CT molecular complexity index is 550. The highest BCUT2D eigenvalue weighted by atomic mass is 16.5. The highest BCUT2D eigenvalue weighted by Crippen LogP contribution is 2.35. The van der Waals surface area contributed by atoms with E-state index in [1.807, 2.05) is 0 Å². The van der Waals surface area contributed by atoms with Gasteiger partial charge in [-0.2, -0.15) is 0 Å². The molecule has 4 nitrogen and oxygen atoms in total. The van der Waals surface area contributed by atoms with E-state index in [0.717, 1.165) is 25.3 Å². The van der Waals surface area contributed by atoms with Crippen molar-refractivity contribution in [3.63, 3.8) is 0 Å². The highest BCUT2D eigenvalue weighted by molar-refractivity contribution is 5.41. The third-order valence-corrected chi connectivity index (χ3v) is 5.12. The van der Waals surface area contributed by atoms with Gasteiger partial charge >= 0.3 is 0 Å². The van der Waals surface area contributed by atoms with Gasteiger partial charge in [0.1, 0.15) is 11.4 Å². The molecule has 2 aliphatic heterocycles. The zero-order chi connectivity index (χ0) is 17.2. The SMILES string of the molecule is CC(CNCc1ccc2c(c1)CC(C)(C)O2)CN1CCN(C)CC1. The van der Waals surface area contributed by atoms with Crippen molar-refractivity contribution in [3.05, 3.63) is 29.3 Å². The van der Waals surface area contributed by atoms with Crippen LogP contribution in [0, 0.1) is 5.92 Å². The van der Waals surface area contributed by atoms with E-state index in [0.29, 0.717) is 5.92 Å². The van der Waals surface area contributed by atoms with Crippen LogP contribution >= 0.6 is 0 Å². The van der Waals surface area contributed by atoms with Crippen LogP contribution in [0.3, 0.4) is 0 Å². The second kappa shape index (κ2) is 7.42. The zero-order valence-electron chi connectivity index (χ0n) is 15.8. The minimum atomic E-state index is -0.0502. The van der Waals surface area contributed by atoms with Gasteiger partial charge < -0.3 is 19.9 Å². The summed E-state index contributed by atoms with van der Waals surface area (Å²) in [5.41, 5.74) is 2.66. The number of piperazine rings is 1. The van der Waals surface area contributed by atoms with Gasteiger partial charge in [0.25, 0.3) is 0 Å². The molecule has 0 aromatic heterocycles. The van der Waals surface area contributed by atoms with Crippen molar-refractivity contribution in [2.75, 3.05) is 46.3 Å². The predicted molar refractivity (Wildman–Crippen MR) is 99.7 cm³/mol. The van der Waals surface area contributed by atoms with E-state index in [9.17, 15) is 0 Å². The fourth-order valence-corrected chi connectivity index (χ4v) is 3.77. The largest absolute Gasteiger partial charge is 0.487 e. The van der Waals surface area contributed by atoms with Gasteiger partial charge in [-0.05, 0) is 50.6 Å². The van der Waals surface area contributed by atoms with Crippen LogP contribution < -0.4 is 10.1 Å². The van der Waals surface area contributed by atoms with Gasteiger partial charge in [-0.3, -0.25) is 0 Å². The topological polar surface area (TPSA) is 27.7 Å². The molecule has 0 amide bonds. The molecule has 2 aliphatic rings. The number of rotatable bonds is 6. The smallest absolute Gasteiger partial charge is 0.123 e. The molecule has 3 rings (SSSR count). The van der Waals surface area contributed by atoms with Crippen molar-refractivity contribution in [2.45, 2.75) is 39.3 Å². The molecule has 0 bridgehead atoms. The molecule has 1 N–H and O–H groups in total. The Morgan fingerprint density at radius 1 is 1.21 bits per heavy atom. The molecule has 1 aromatic rings. The summed E-state index contributed by atoms with van der Waals surface area (Å²) in [5, 5.41) is 3.63. The maximum absolute atomic E-state index is 5.95. The molecular formula is C20H33N3O. The van der Waals surface area contributed by atoms with Crippen LogP contribution in [0.15, 0.2) is 18.2 Å². The van der Waals surface area contributed by atoms with E-state index in [1.165, 1.54) is 43.9 Å². The quantitative estimate of drug-likeness (QED) is 0.866. The highest BCUT2D eigenvalue weighted by Gasteiger charge is 2.29. The first-order chi connectivity index (χ1) is 11.4. The lowest BCUT2D eigenvalue weighted by Gasteiger charge is -2.34. The minimum Gasteiger partial charge on any atom is -0.487 e. The van der Waals surface area contributed by atoms with Crippen molar-refractivity contribution < 1.29 is 4.74 Å². The third-order valence-electron chi connectivity index (χ3n) is 5.12. The monoisotopic (exact) mass is 331 g/mol. The van der Waals surface area contributed by atoms with Gasteiger partial charge in [-0.25, -0.2) is 0 Å². The second-order valence-electron chi connectivity index (χ2n) is 8.32. The van der Waals surface area contributed by atoms with Crippen molar-refractivity contribution in [1.29, 1.82) is 0 Å². The number of hydrogen-bond donors (Lipinski definition) is 1. The summed E-state index contributed by atoms with van der Waals surface area (Å²) in [5.74, 6) is 1.75. The Kier molecular flexibility index (Phi) is 5.48. The summed E-state index contributed by atoms with van der Waals surface area (Å²) in [6.07, 6.45) is 1.01. The molecule has 2 heterocycles. The van der Waals surface area contributed by atoms with Gasteiger partial charge in [-0.1, -0.05) is 19.1 Å². The number of nitrogens with zero attached hydrogens (tertiary/aromatic N) is 2. The predicted octanol–water partition coefficient (Wildman–Crippen LogP) is 2.37. The lowest BCUT2D eigenvalue weighted by atomic mass is 10.0. The molecule has 1 unspecified atom stereocenters. The summed E-state index contributed by atoms with van der Waals surface area (Å²) >= 11 is 0. The number of likely N-dealkylation sites (N-methyl/N-ethyl adjacent to an activating group) is 1. The standard InChI is InChI=1S/C20H33N3O/c1-16(15-23-9-7-22(4)8-10-23)13-21-14-17-5-6-19-18(11-17)12-20(2,3)24-19/h5-6,11,16,21H,7-10,12-15H2,1-4H3. The molecule has 0 aliphatic carbocycles. The van der Waals surface area contributed by atoms with E-state index in [1.54, 1.807) is 0 Å². The Balaban J connectivity index is 1.40. The zero-order valence-corrected chi connectivity index (χ0v) is 15.8. The first-order valence-corrected chi connectivity index (χ1v) is 9.34. The molecule has 0 saturated carbocycles. The maximum atomic E-state index is 5.95. The summed E-state index contributed by atoms with van der Waals surface area (Å²) in [4.78, 5) is 5.01. The molecule has 1 aromatic carbocycles. The molecule has 24 heavy (non-hydrogen) atoms. The summed E-state index contributed by atoms with van der Waals surface area (Å²) in [6, 6.07) is 6.63. The molecule has 4 heteroatoms. The van der Waals surface area contributed by atoms with Crippen LogP contribution in [-0.4, -0.2) is 61.7 Å². The van der Waals surface area contributed by atoms with E-state index in [4.69, 9.17) is 4.74 Å². The van der Waals surface area contributed by atoms with Crippen molar-refractivity contribution >= 4 is 0 Å². The van der Waals surface area contributed by atoms with Crippen LogP contribution in [0.5, 0.6) is 5.75 Å². The van der Waals surface area contributed by atoms with Crippen molar-refractivity contribution in [1.82, 2.24) is 15.1 Å². The van der Waals surface area contributed by atoms with E-state index in [-0.39, 0.29) is 5.60 Å². The van der Waals surface area contributed by atoms with Crippen LogP contribution in [-0.2, 0) is 13.0 Å². The minimum absolute atomic E-state index is 0.0502. The van der Waals surface area contributed by atoms with Crippen molar-refractivity contribution in [2.24, 2.45) is 5.92 Å². The van der Waals surface area contributed by atoms with Crippen LogP contribution in [0.4, 0.5) is 0 Å². The summed E-state index contributed by atoms with van der Waals surface area (Å²) < 4.78 is 5.95. The molecule has 134 valence electrons. The van der Waals surface area contributed by atoms with Crippen molar-refractivity contribution in [3.8, 4) is 5.75 Å². The van der Waals surface area contributed by atoms with Gasteiger partial charge in [0.05, 0.1) is 0 Å². The first-order valence-electron chi connectivity index (χ1n) is 9.34. The fourth-order valence-electron chi connectivity index (χ4n) is 3.77. The van der Waals surface area contributed by atoms with Crippen LogP contribution in [0.25, 0.3) is 0 Å². The summed E-state index contributed by atoms with van der Waals surface area (Å²) in [7, 11) is 2.21. The number of benzene rings is 1. The average molecular weight is 332 g/mol. The first kappa shape index (κ1) is 17.7. The Morgan fingerprint density at radius 3 is 2.71 bits per heavy atom. The van der Waals surface area contributed by atoms with E-state index < -0.39 is 0 Å². The molecule has 0 radical (unpaired) electrons. The molecule has 0 spiro atoms. The molecule has 1 atom stereocenters. The van der Waals surface area contributed by atoms with E-state index >= 15 is 0 Å². The lowest BCUT2D eigenvalue weighted by molar-refractivity contribution is 0.138. The van der Waals surface area contributed by atoms with Crippen LogP contribution in [0.1, 0.15) is 31.9 Å². The van der Waals surface area contributed by atoms with E-state index in [2.05, 4.69) is 61.1 Å². The van der Waals surface area contributed by atoms with Gasteiger partial charge in [0, 0.05) is 45.7 Å². The lowest BCUT2D eigenvalue weighted by Crippen LogP contribution is -2.46. The Hall–Kier alpha value is -1.10. The maximum Gasteiger partial charge on any atom is 0.123 e. The summed E-state index contributed by atoms with van der Waals surface area (Å²) in [6.45, 7) is 14.7. The van der Waals surface area contributed by atoms with Gasteiger partial charge in [-0.15, -0.1) is 0 Å². The second-order valence-corrected chi connectivity index (χ2v) is 8.32. The average Bonchev–Trinajstić information content (AvgIpc) is 2.82. The Morgan fingerprint density at radius 2 is 1.96 bits per heavy atom. The number of nitrogens with one attached hydrogen (secondary N) is 1. The van der Waals surface area contributed by atoms with Gasteiger partial charge in [0.2, 0.25) is 0 Å². The van der Waals surface area contributed by atoms with Gasteiger partial charge in [0.15, 0.2) is 0 Å². The number of hydrogen-bond acceptors (Lipinski definition) is 4. The van der Waals surface area contributed by atoms with Crippen LogP contribution in [0.2, 0.25) is 0 Å².